The number of nitrogens with zero attached hydrogens (tertiary/aromatic N) is 2. The number of hydrogen-bond acceptors (Lipinski definition) is 4. The van der Waals surface area contributed by atoms with Crippen molar-refractivity contribution in [3.8, 4) is 0 Å². The Morgan fingerprint density at radius 3 is 2.69 bits per heavy atom. The summed E-state index contributed by atoms with van der Waals surface area (Å²) in [5, 5.41) is 2.97. The topological polar surface area (TPSA) is 69.7 Å². The molecule has 1 amide bonds. The predicted molar refractivity (Wildman–Crippen MR) is 97.3 cm³/mol. The molecule has 1 N–H and O–H groups in total. The van der Waals surface area contributed by atoms with Gasteiger partial charge in [-0.3, -0.25) is 9.69 Å². The number of likely N-dealkylation sites (tertiary alicyclic amines) is 1. The van der Waals surface area contributed by atoms with E-state index < -0.39 is 16.1 Å². The Labute approximate surface area is 153 Å². The van der Waals surface area contributed by atoms with Gasteiger partial charge in [-0.15, -0.1) is 0 Å². The van der Waals surface area contributed by atoms with Gasteiger partial charge >= 0.3 is 0 Å². The van der Waals surface area contributed by atoms with E-state index in [0.29, 0.717) is 6.54 Å². The maximum Gasteiger partial charge on any atom is 0.242 e. The number of rotatable bonds is 5. The molecule has 6 nitrogen and oxygen atoms in total. The molecule has 0 bridgehead atoms. The van der Waals surface area contributed by atoms with Crippen molar-refractivity contribution < 1.29 is 17.6 Å². The summed E-state index contributed by atoms with van der Waals surface area (Å²) in [5.41, 5.74) is 0.937. The summed E-state index contributed by atoms with van der Waals surface area (Å²) < 4.78 is 38.0. The Kier molecular flexibility index (Phi) is 5.74. The van der Waals surface area contributed by atoms with E-state index in [-0.39, 0.29) is 24.3 Å². The zero-order valence-electron chi connectivity index (χ0n) is 14.8. The monoisotopic (exact) mass is 381 g/mol. The van der Waals surface area contributed by atoms with Crippen molar-refractivity contribution in [2.24, 2.45) is 0 Å². The van der Waals surface area contributed by atoms with E-state index in [1.54, 1.807) is 24.3 Å². The third kappa shape index (κ3) is 4.69. The van der Waals surface area contributed by atoms with E-state index in [9.17, 15) is 17.6 Å². The number of nitrogens with one attached hydrogen (secondary N) is 1. The minimum atomic E-state index is -3.41. The third-order valence-corrected chi connectivity index (χ3v) is 6.07. The van der Waals surface area contributed by atoms with Crippen molar-refractivity contribution in [2.75, 3.05) is 25.9 Å². The molecule has 3 rings (SSSR count). The molecule has 2 aliphatic heterocycles. The van der Waals surface area contributed by atoms with Gasteiger partial charge in [0.2, 0.25) is 15.9 Å². The second-order valence-electron chi connectivity index (χ2n) is 6.89. The quantitative estimate of drug-likeness (QED) is 0.776. The SMILES string of the molecule is CS(=O)(=O)N1CC=CC1C(=O)NC1CCN(Cc2cccc(F)c2)CC1. The fourth-order valence-corrected chi connectivity index (χ4v) is 4.41. The Bertz CT molecular complexity index is 789. The second kappa shape index (κ2) is 7.85. The standard InChI is InChI=1S/C18H24FN3O3S/c1-26(24,25)22-9-3-6-17(22)18(23)20-16-7-10-21(11-8-16)13-14-4-2-5-15(19)12-14/h2-6,12,16-17H,7-11,13H2,1H3,(H,20,23). The lowest BCUT2D eigenvalue weighted by molar-refractivity contribution is -0.124. The molecule has 0 spiro atoms. The van der Waals surface area contributed by atoms with E-state index in [0.717, 1.165) is 37.8 Å². The normalized spacial score (nSPS) is 22.6. The summed E-state index contributed by atoms with van der Waals surface area (Å²) in [5.74, 6) is -0.502. The van der Waals surface area contributed by atoms with E-state index >= 15 is 0 Å². The lowest BCUT2D eigenvalue weighted by Crippen LogP contribution is -2.51. The van der Waals surface area contributed by atoms with Gasteiger partial charge in [-0.1, -0.05) is 24.3 Å². The van der Waals surface area contributed by atoms with Crippen LogP contribution in [0.4, 0.5) is 4.39 Å². The highest BCUT2D eigenvalue weighted by Crippen LogP contribution is 2.17. The first-order valence-corrected chi connectivity index (χ1v) is 10.6. The molecule has 26 heavy (non-hydrogen) atoms. The second-order valence-corrected chi connectivity index (χ2v) is 8.83. The molecule has 1 aromatic carbocycles. The zero-order valence-corrected chi connectivity index (χ0v) is 15.6. The van der Waals surface area contributed by atoms with Crippen LogP contribution in [-0.2, 0) is 21.4 Å². The summed E-state index contributed by atoms with van der Waals surface area (Å²) >= 11 is 0. The van der Waals surface area contributed by atoms with E-state index in [2.05, 4.69) is 10.2 Å². The van der Waals surface area contributed by atoms with Crippen LogP contribution in [0, 0.1) is 5.82 Å². The highest BCUT2D eigenvalue weighted by atomic mass is 32.2. The van der Waals surface area contributed by atoms with Crippen molar-refractivity contribution in [1.82, 2.24) is 14.5 Å². The van der Waals surface area contributed by atoms with Gasteiger partial charge in [0.25, 0.3) is 0 Å². The Morgan fingerprint density at radius 2 is 2.04 bits per heavy atom. The van der Waals surface area contributed by atoms with E-state index in [1.807, 2.05) is 6.07 Å². The van der Waals surface area contributed by atoms with Crippen LogP contribution in [0.1, 0.15) is 18.4 Å². The van der Waals surface area contributed by atoms with Gasteiger partial charge in [0.15, 0.2) is 0 Å². The average molecular weight is 381 g/mol. The molecule has 2 aliphatic rings. The van der Waals surface area contributed by atoms with Crippen LogP contribution in [0.25, 0.3) is 0 Å². The number of benzene rings is 1. The molecule has 0 aliphatic carbocycles. The van der Waals surface area contributed by atoms with Crippen LogP contribution in [0.15, 0.2) is 36.4 Å². The number of amides is 1. The Hall–Kier alpha value is -1.77. The van der Waals surface area contributed by atoms with Crippen LogP contribution < -0.4 is 5.32 Å². The average Bonchev–Trinajstić information content (AvgIpc) is 3.07. The van der Waals surface area contributed by atoms with Gasteiger partial charge in [0.1, 0.15) is 11.9 Å². The fourth-order valence-electron chi connectivity index (χ4n) is 3.48. The highest BCUT2D eigenvalue weighted by Gasteiger charge is 2.34. The molecule has 1 aromatic rings. The molecule has 2 heterocycles. The molecule has 1 saturated heterocycles. The molecule has 0 saturated carbocycles. The van der Waals surface area contributed by atoms with E-state index in [4.69, 9.17) is 0 Å². The maximum absolute atomic E-state index is 13.3. The molecule has 0 radical (unpaired) electrons. The van der Waals surface area contributed by atoms with Crippen LogP contribution in [0.5, 0.6) is 0 Å². The number of carbonyl (C=O) groups excluding carboxylic acids is 1. The molecule has 8 heteroatoms. The van der Waals surface area contributed by atoms with Crippen LogP contribution in [0.2, 0.25) is 0 Å². The van der Waals surface area contributed by atoms with Crippen LogP contribution in [0.3, 0.4) is 0 Å². The molecule has 0 aromatic heterocycles. The summed E-state index contributed by atoms with van der Waals surface area (Å²) in [7, 11) is -3.41. The molecule has 142 valence electrons. The van der Waals surface area contributed by atoms with Crippen molar-refractivity contribution in [1.29, 1.82) is 0 Å². The maximum atomic E-state index is 13.3. The molecule has 1 atom stereocenters. The Balaban J connectivity index is 1.49. The highest BCUT2D eigenvalue weighted by molar-refractivity contribution is 7.88. The van der Waals surface area contributed by atoms with Crippen molar-refractivity contribution in [2.45, 2.75) is 31.5 Å². The van der Waals surface area contributed by atoms with Gasteiger partial charge in [-0.2, -0.15) is 4.31 Å². The molecular formula is C18H24FN3O3S. The largest absolute Gasteiger partial charge is 0.352 e. The molecule has 1 fully saturated rings. The minimum absolute atomic E-state index is 0.0293. The van der Waals surface area contributed by atoms with E-state index in [1.165, 1.54) is 10.4 Å². The summed E-state index contributed by atoms with van der Waals surface area (Å²) in [6.45, 7) is 2.53. The van der Waals surface area contributed by atoms with Gasteiger partial charge in [-0.05, 0) is 30.5 Å². The Morgan fingerprint density at radius 1 is 1.31 bits per heavy atom. The summed E-state index contributed by atoms with van der Waals surface area (Å²) in [6, 6.07) is 5.86. The van der Waals surface area contributed by atoms with Crippen molar-refractivity contribution in [3.63, 3.8) is 0 Å². The third-order valence-electron chi connectivity index (χ3n) is 4.84. The summed E-state index contributed by atoms with van der Waals surface area (Å²) in [4.78, 5) is 14.7. The number of halogens is 1. The first kappa shape index (κ1) is 19.0. The van der Waals surface area contributed by atoms with Gasteiger partial charge < -0.3 is 5.32 Å². The lowest BCUT2D eigenvalue weighted by Gasteiger charge is -2.33. The lowest BCUT2D eigenvalue weighted by atomic mass is 10.0. The van der Waals surface area contributed by atoms with Crippen LogP contribution in [-0.4, -0.2) is 61.5 Å². The van der Waals surface area contributed by atoms with Crippen molar-refractivity contribution in [3.05, 3.63) is 47.8 Å². The first-order chi connectivity index (χ1) is 12.3. The molecular weight excluding hydrogens is 357 g/mol. The predicted octanol–water partition coefficient (Wildman–Crippen LogP) is 1.11. The number of hydrogen-bond donors (Lipinski definition) is 1. The number of sulfonamides is 1. The van der Waals surface area contributed by atoms with Crippen molar-refractivity contribution >= 4 is 15.9 Å². The van der Waals surface area contributed by atoms with Crippen LogP contribution >= 0.6 is 0 Å². The first-order valence-electron chi connectivity index (χ1n) is 8.73. The van der Waals surface area contributed by atoms with Gasteiger partial charge in [0, 0.05) is 32.2 Å². The number of piperidine rings is 1. The number of carbonyl (C=O) groups is 1. The van der Waals surface area contributed by atoms with Gasteiger partial charge in [-0.25, -0.2) is 12.8 Å². The fraction of sp³-hybridized carbons (Fsp3) is 0.500. The zero-order chi connectivity index (χ0) is 18.7. The smallest absolute Gasteiger partial charge is 0.242 e. The summed E-state index contributed by atoms with van der Waals surface area (Å²) in [6.07, 6.45) is 6.03. The van der Waals surface area contributed by atoms with Gasteiger partial charge in [0.05, 0.1) is 6.26 Å². The molecule has 1 unspecified atom stereocenters. The minimum Gasteiger partial charge on any atom is -0.352 e.